The summed E-state index contributed by atoms with van der Waals surface area (Å²) in [6.45, 7) is 13.8. The maximum absolute atomic E-state index is 5.89. The molecule has 2 aromatic rings. The van der Waals surface area contributed by atoms with E-state index in [0.717, 1.165) is 64.0 Å². The summed E-state index contributed by atoms with van der Waals surface area (Å²) in [6.07, 6.45) is 5.25. The van der Waals surface area contributed by atoms with Gasteiger partial charge >= 0.3 is 0 Å². The third kappa shape index (κ3) is 7.65. The van der Waals surface area contributed by atoms with E-state index in [1.807, 2.05) is 30.1 Å². The topological polar surface area (TPSA) is 57.9 Å². The molecule has 1 N–H and O–H groups in total. The van der Waals surface area contributed by atoms with E-state index in [0.29, 0.717) is 12.5 Å². The van der Waals surface area contributed by atoms with Gasteiger partial charge in [0.15, 0.2) is 5.96 Å². The van der Waals surface area contributed by atoms with E-state index in [-0.39, 0.29) is 24.0 Å². The van der Waals surface area contributed by atoms with Gasteiger partial charge in [0.05, 0.1) is 12.7 Å². The number of halogens is 1. The molecule has 0 radical (unpaired) electrons. The van der Waals surface area contributed by atoms with Crippen LogP contribution in [-0.2, 0) is 13.6 Å². The summed E-state index contributed by atoms with van der Waals surface area (Å²) in [6, 6.07) is 8.33. The second kappa shape index (κ2) is 13.7. The maximum atomic E-state index is 5.89. The van der Waals surface area contributed by atoms with Crippen molar-refractivity contribution in [1.82, 2.24) is 24.9 Å². The Bertz CT molecular complexity index is 818. The van der Waals surface area contributed by atoms with Gasteiger partial charge in [-0.2, -0.15) is 5.10 Å². The van der Waals surface area contributed by atoms with Crippen molar-refractivity contribution < 1.29 is 4.74 Å². The fourth-order valence-electron chi connectivity index (χ4n) is 3.99. The number of benzene rings is 1. The first-order valence-corrected chi connectivity index (χ1v) is 11.6. The van der Waals surface area contributed by atoms with Crippen LogP contribution in [0.1, 0.15) is 44.2 Å². The van der Waals surface area contributed by atoms with Gasteiger partial charge in [-0.05, 0) is 49.7 Å². The summed E-state index contributed by atoms with van der Waals surface area (Å²) in [5, 5.41) is 7.78. The van der Waals surface area contributed by atoms with Crippen LogP contribution >= 0.6 is 24.0 Å². The predicted molar refractivity (Wildman–Crippen MR) is 142 cm³/mol. The lowest BCUT2D eigenvalue weighted by Gasteiger charge is -2.21. The molecule has 0 saturated carbocycles. The van der Waals surface area contributed by atoms with Crippen molar-refractivity contribution in [1.29, 1.82) is 0 Å². The molecule has 178 valence electrons. The summed E-state index contributed by atoms with van der Waals surface area (Å²) in [5.41, 5.74) is 2.51. The number of guanidine groups is 1. The van der Waals surface area contributed by atoms with Crippen molar-refractivity contribution >= 4 is 29.9 Å². The Morgan fingerprint density at radius 1 is 1.22 bits per heavy atom. The van der Waals surface area contributed by atoms with Crippen molar-refractivity contribution in [2.75, 3.05) is 45.9 Å². The molecule has 0 spiro atoms. The van der Waals surface area contributed by atoms with Crippen LogP contribution < -0.4 is 10.1 Å². The molecule has 0 aliphatic carbocycles. The zero-order valence-electron chi connectivity index (χ0n) is 20.0. The minimum absolute atomic E-state index is 0. The molecule has 1 aromatic carbocycles. The number of aliphatic imine (C=N–C) groups is 1. The van der Waals surface area contributed by atoms with Gasteiger partial charge in [0.25, 0.3) is 0 Å². The van der Waals surface area contributed by atoms with Crippen LogP contribution in [0.2, 0.25) is 0 Å². The Kier molecular flexibility index (Phi) is 11.3. The second-order valence-electron chi connectivity index (χ2n) is 8.07. The minimum atomic E-state index is 0. The molecule has 0 bridgehead atoms. The van der Waals surface area contributed by atoms with Crippen molar-refractivity contribution in [2.24, 2.45) is 12.0 Å². The van der Waals surface area contributed by atoms with Gasteiger partial charge < -0.3 is 19.9 Å². The van der Waals surface area contributed by atoms with Crippen molar-refractivity contribution in [2.45, 2.75) is 39.7 Å². The van der Waals surface area contributed by atoms with E-state index >= 15 is 0 Å². The molecule has 1 saturated heterocycles. The van der Waals surface area contributed by atoms with Crippen molar-refractivity contribution in [3.63, 3.8) is 0 Å². The Morgan fingerprint density at radius 2 is 1.97 bits per heavy atom. The number of hydrogen-bond donors (Lipinski definition) is 1. The van der Waals surface area contributed by atoms with Gasteiger partial charge in [-0.15, -0.1) is 24.0 Å². The highest BCUT2D eigenvalue weighted by Gasteiger charge is 2.26. The van der Waals surface area contributed by atoms with Gasteiger partial charge in [0.1, 0.15) is 12.4 Å². The fourth-order valence-corrected chi connectivity index (χ4v) is 3.99. The lowest BCUT2D eigenvalue weighted by atomic mass is 10.0. The van der Waals surface area contributed by atoms with E-state index in [2.05, 4.69) is 59.3 Å². The highest BCUT2D eigenvalue weighted by Crippen LogP contribution is 2.26. The first-order chi connectivity index (χ1) is 15.1. The van der Waals surface area contributed by atoms with Gasteiger partial charge in [0.2, 0.25) is 0 Å². The van der Waals surface area contributed by atoms with E-state index < -0.39 is 0 Å². The smallest absolute Gasteiger partial charge is 0.194 e. The Labute approximate surface area is 210 Å². The normalized spacial score (nSPS) is 16.3. The number of likely N-dealkylation sites (N-methyl/N-ethyl adjacent to an activating group) is 1. The van der Waals surface area contributed by atoms with Gasteiger partial charge in [0, 0.05) is 45.3 Å². The molecule has 32 heavy (non-hydrogen) atoms. The Balaban J connectivity index is 0.00000363. The number of likely N-dealkylation sites (tertiary alicyclic amines) is 1. The molecule has 2 heterocycles. The molecule has 1 aliphatic rings. The van der Waals surface area contributed by atoms with E-state index in [1.165, 1.54) is 11.1 Å². The first-order valence-electron chi connectivity index (χ1n) is 11.6. The molecule has 0 amide bonds. The van der Waals surface area contributed by atoms with Crippen LogP contribution in [0, 0.1) is 0 Å². The van der Waals surface area contributed by atoms with Crippen LogP contribution in [0.4, 0.5) is 0 Å². The Hall–Kier alpha value is -1.81. The standard InChI is InChI=1S/C24H38N6O.HI/c1-5-25-24(30-13-12-21(19-30)22-17-27-28(4)18-22)26-16-20-8-10-23(11-9-20)31-15-14-29(6-2)7-3;/h8-11,17-18,21H,5-7,12-16,19H2,1-4H3,(H,25,26);1H. The zero-order chi connectivity index (χ0) is 22.1. The molecule has 1 fully saturated rings. The molecular weight excluding hydrogens is 515 g/mol. The van der Waals surface area contributed by atoms with Gasteiger partial charge in [-0.3, -0.25) is 4.68 Å². The molecule has 3 rings (SSSR count). The maximum Gasteiger partial charge on any atom is 0.194 e. The summed E-state index contributed by atoms with van der Waals surface area (Å²) in [4.78, 5) is 9.63. The largest absolute Gasteiger partial charge is 0.492 e. The molecule has 1 aromatic heterocycles. The quantitative estimate of drug-likeness (QED) is 0.276. The summed E-state index contributed by atoms with van der Waals surface area (Å²) in [5.74, 6) is 2.43. The Morgan fingerprint density at radius 3 is 2.59 bits per heavy atom. The average Bonchev–Trinajstić information content (AvgIpc) is 3.44. The van der Waals surface area contributed by atoms with E-state index in [9.17, 15) is 0 Å². The monoisotopic (exact) mass is 554 g/mol. The van der Waals surface area contributed by atoms with Crippen LogP contribution in [0.3, 0.4) is 0 Å². The van der Waals surface area contributed by atoms with E-state index in [1.54, 1.807) is 0 Å². The van der Waals surface area contributed by atoms with Crippen molar-refractivity contribution in [3.05, 3.63) is 47.8 Å². The molecule has 1 aliphatic heterocycles. The SMILES string of the molecule is CCNC(=NCc1ccc(OCCN(CC)CC)cc1)N1CCC(c2cnn(C)c2)C1.I. The van der Waals surface area contributed by atoms with Crippen LogP contribution in [0.5, 0.6) is 5.75 Å². The zero-order valence-corrected chi connectivity index (χ0v) is 22.3. The molecule has 7 nitrogen and oxygen atoms in total. The summed E-state index contributed by atoms with van der Waals surface area (Å²) >= 11 is 0. The summed E-state index contributed by atoms with van der Waals surface area (Å²) in [7, 11) is 1.98. The van der Waals surface area contributed by atoms with Crippen molar-refractivity contribution in [3.8, 4) is 5.75 Å². The summed E-state index contributed by atoms with van der Waals surface area (Å²) < 4.78 is 7.77. The van der Waals surface area contributed by atoms with Crippen LogP contribution in [-0.4, -0.2) is 71.4 Å². The number of nitrogens with one attached hydrogen (secondary N) is 1. The van der Waals surface area contributed by atoms with Gasteiger partial charge in [-0.1, -0.05) is 26.0 Å². The number of ether oxygens (including phenoxy) is 1. The number of rotatable bonds is 10. The van der Waals surface area contributed by atoms with Gasteiger partial charge in [-0.25, -0.2) is 4.99 Å². The lowest BCUT2D eigenvalue weighted by molar-refractivity contribution is 0.223. The van der Waals surface area contributed by atoms with Crippen LogP contribution in [0.25, 0.3) is 0 Å². The number of nitrogens with zero attached hydrogens (tertiary/aromatic N) is 5. The molecule has 8 heteroatoms. The second-order valence-corrected chi connectivity index (χ2v) is 8.07. The third-order valence-electron chi connectivity index (χ3n) is 5.92. The number of hydrogen-bond acceptors (Lipinski definition) is 4. The predicted octanol–water partition coefficient (Wildman–Crippen LogP) is 3.71. The molecule has 1 atom stereocenters. The van der Waals surface area contributed by atoms with E-state index in [4.69, 9.17) is 9.73 Å². The third-order valence-corrected chi connectivity index (χ3v) is 5.92. The number of aryl methyl sites for hydroxylation is 1. The lowest BCUT2D eigenvalue weighted by Crippen LogP contribution is -2.40. The number of aromatic nitrogens is 2. The minimum Gasteiger partial charge on any atom is -0.492 e. The fraction of sp³-hybridized carbons (Fsp3) is 0.583. The molecular formula is C24H39IN6O. The first kappa shape index (κ1) is 26.4. The average molecular weight is 555 g/mol. The van der Waals surface area contributed by atoms with Crippen LogP contribution in [0.15, 0.2) is 41.7 Å². The highest BCUT2D eigenvalue weighted by atomic mass is 127. The molecule has 1 unspecified atom stereocenters. The highest BCUT2D eigenvalue weighted by molar-refractivity contribution is 14.0.